The summed E-state index contributed by atoms with van der Waals surface area (Å²) in [7, 11) is -3.61. The van der Waals surface area contributed by atoms with Crippen LogP contribution in [0.5, 0.6) is 0 Å². The van der Waals surface area contributed by atoms with Gasteiger partial charge in [-0.05, 0) is 27.7 Å². The number of hydrogen-bond acceptors (Lipinski definition) is 7. The summed E-state index contributed by atoms with van der Waals surface area (Å²) in [5.74, 6) is -0.821. The van der Waals surface area contributed by atoms with E-state index < -0.39 is 27.7 Å². The molecule has 0 aliphatic rings. The topological polar surface area (TPSA) is 129 Å². The number of sulfonamides is 1. The molecule has 0 unspecified atom stereocenters. The van der Waals surface area contributed by atoms with E-state index in [2.05, 4.69) is 15.1 Å². The van der Waals surface area contributed by atoms with Crippen LogP contribution in [0.15, 0.2) is 6.20 Å². The molecule has 0 radical (unpaired) electrons. The number of nitrogens with one attached hydrogen (secondary N) is 2. The molecule has 1 aromatic heterocycles. The summed E-state index contributed by atoms with van der Waals surface area (Å²) in [6, 6.07) is 0. The molecule has 1 aromatic rings. The van der Waals surface area contributed by atoms with Gasteiger partial charge in [-0.2, -0.15) is 5.10 Å². The minimum atomic E-state index is -3.61. The molecule has 1 amide bonds. The molecule has 0 aromatic carbocycles. The fraction of sp³-hybridized carbons (Fsp3) is 0.643. The molecule has 2 N–H and O–H groups in total. The van der Waals surface area contributed by atoms with Crippen LogP contribution in [0.1, 0.15) is 38.1 Å². The average molecular weight is 376 g/mol. The van der Waals surface area contributed by atoms with Gasteiger partial charge in [0.1, 0.15) is 11.2 Å². The number of nitrogens with zero attached hydrogens (tertiary/aromatic N) is 2. The van der Waals surface area contributed by atoms with Crippen LogP contribution >= 0.6 is 0 Å². The zero-order valence-corrected chi connectivity index (χ0v) is 15.8. The molecular formula is C14H24N4O6S. The Kier molecular flexibility index (Phi) is 6.79. The molecule has 142 valence electrons. The van der Waals surface area contributed by atoms with Crippen LogP contribution in [-0.4, -0.2) is 55.3 Å². The molecule has 0 aliphatic carbocycles. The monoisotopic (exact) mass is 376 g/mol. The van der Waals surface area contributed by atoms with Gasteiger partial charge in [-0.3, -0.25) is 9.40 Å². The molecule has 25 heavy (non-hydrogen) atoms. The number of carbonyl (C=O) groups is 2. The first-order chi connectivity index (χ1) is 11.4. The van der Waals surface area contributed by atoms with Gasteiger partial charge in [0.15, 0.2) is 5.82 Å². The molecule has 0 saturated heterocycles. The smallest absolute Gasteiger partial charge is 0.407 e. The van der Waals surface area contributed by atoms with Crippen molar-refractivity contribution in [2.75, 3.05) is 24.1 Å². The van der Waals surface area contributed by atoms with E-state index in [9.17, 15) is 18.0 Å². The van der Waals surface area contributed by atoms with Crippen LogP contribution in [-0.2, 0) is 26.0 Å². The Balaban J connectivity index is 2.78. The lowest BCUT2D eigenvalue weighted by atomic mass is 10.2. The number of carbonyl (C=O) groups excluding carboxylic acids is 2. The first-order valence-electron chi connectivity index (χ1n) is 7.60. The third kappa shape index (κ3) is 7.88. The summed E-state index contributed by atoms with van der Waals surface area (Å²) >= 11 is 0. The van der Waals surface area contributed by atoms with Crippen LogP contribution in [0, 0.1) is 0 Å². The highest BCUT2D eigenvalue weighted by Crippen LogP contribution is 2.16. The van der Waals surface area contributed by atoms with Crippen molar-refractivity contribution in [1.29, 1.82) is 0 Å². The van der Waals surface area contributed by atoms with Gasteiger partial charge in [-0.25, -0.2) is 18.0 Å². The van der Waals surface area contributed by atoms with E-state index in [4.69, 9.17) is 9.47 Å². The summed E-state index contributed by atoms with van der Waals surface area (Å²) in [6.45, 7) is 7.39. The van der Waals surface area contributed by atoms with Crippen molar-refractivity contribution in [3.05, 3.63) is 11.8 Å². The highest BCUT2D eigenvalue weighted by atomic mass is 32.2. The Labute approximate surface area is 146 Å². The third-order valence-corrected chi connectivity index (χ3v) is 3.11. The van der Waals surface area contributed by atoms with Crippen LogP contribution in [0.4, 0.5) is 10.6 Å². The highest BCUT2D eigenvalue weighted by molar-refractivity contribution is 7.92. The van der Waals surface area contributed by atoms with E-state index in [0.717, 1.165) is 6.26 Å². The fourth-order valence-electron chi connectivity index (χ4n) is 1.73. The van der Waals surface area contributed by atoms with Crippen LogP contribution in [0.25, 0.3) is 0 Å². The van der Waals surface area contributed by atoms with Crippen LogP contribution in [0.2, 0.25) is 0 Å². The third-order valence-electron chi connectivity index (χ3n) is 2.55. The van der Waals surface area contributed by atoms with Crippen molar-refractivity contribution in [3.63, 3.8) is 0 Å². The molecule has 0 spiro atoms. The Morgan fingerprint density at radius 3 is 2.48 bits per heavy atom. The molecular weight excluding hydrogens is 352 g/mol. The van der Waals surface area contributed by atoms with Crippen LogP contribution in [0.3, 0.4) is 0 Å². The van der Waals surface area contributed by atoms with Gasteiger partial charge in [-0.15, -0.1) is 0 Å². The molecule has 0 aliphatic heterocycles. The van der Waals surface area contributed by atoms with E-state index in [1.165, 1.54) is 10.9 Å². The number of esters is 1. The normalized spacial score (nSPS) is 11.7. The quantitative estimate of drug-likeness (QED) is 0.678. The summed E-state index contributed by atoms with van der Waals surface area (Å²) < 4.78 is 36.3. The van der Waals surface area contributed by atoms with Gasteiger partial charge < -0.3 is 14.8 Å². The van der Waals surface area contributed by atoms with Gasteiger partial charge in [-0.1, -0.05) is 0 Å². The lowest BCUT2D eigenvalue weighted by Crippen LogP contribution is -2.34. The highest BCUT2D eigenvalue weighted by Gasteiger charge is 2.20. The van der Waals surface area contributed by atoms with E-state index in [0.29, 0.717) is 0 Å². The van der Waals surface area contributed by atoms with Crippen LogP contribution < -0.4 is 10.0 Å². The summed E-state index contributed by atoms with van der Waals surface area (Å²) in [5.41, 5.74) is -0.621. The van der Waals surface area contributed by atoms with E-state index in [-0.39, 0.29) is 31.1 Å². The minimum Gasteiger partial charge on any atom is -0.462 e. The minimum absolute atomic E-state index is 0.00968. The standard InChI is InChI=1S/C14H24N4O6S/c1-6-23-12(19)10-9-18(16-11(10)17-25(5,21)22)8-7-15-13(20)24-14(2,3)4/h9H,6-8H2,1-5H3,(H,15,20)(H,16,17). The Morgan fingerprint density at radius 1 is 1.32 bits per heavy atom. The zero-order valence-electron chi connectivity index (χ0n) is 15.0. The molecule has 0 atom stereocenters. The second-order valence-corrected chi connectivity index (χ2v) is 7.93. The van der Waals surface area contributed by atoms with Crippen molar-refractivity contribution in [1.82, 2.24) is 15.1 Å². The van der Waals surface area contributed by atoms with Crippen molar-refractivity contribution in [2.24, 2.45) is 0 Å². The summed E-state index contributed by atoms with van der Waals surface area (Å²) in [4.78, 5) is 23.5. The van der Waals surface area contributed by atoms with Crippen molar-refractivity contribution >= 4 is 27.9 Å². The van der Waals surface area contributed by atoms with Crippen molar-refractivity contribution < 1.29 is 27.5 Å². The number of anilines is 1. The maximum absolute atomic E-state index is 11.9. The van der Waals surface area contributed by atoms with E-state index >= 15 is 0 Å². The molecule has 1 heterocycles. The Hall–Kier alpha value is -2.30. The second-order valence-electron chi connectivity index (χ2n) is 6.18. The second kappa shape index (κ2) is 8.19. The molecule has 1 rings (SSSR count). The van der Waals surface area contributed by atoms with Gasteiger partial charge in [0.2, 0.25) is 10.0 Å². The summed E-state index contributed by atoms with van der Waals surface area (Å²) in [5, 5.41) is 6.55. The Morgan fingerprint density at radius 2 is 1.96 bits per heavy atom. The predicted octanol–water partition coefficient (Wildman–Crippen LogP) is 0.956. The first kappa shape index (κ1) is 20.7. The number of ether oxygens (including phenoxy) is 2. The van der Waals surface area contributed by atoms with E-state index in [1.54, 1.807) is 27.7 Å². The fourth-order valence-corrected chi connectivity index (χ4v) is 2.23. The lowest BCUT2D eigenvalue weighted by Gasteiger charge is -2.19. The maximum Gasteiger partial charge on any atom is 0.407 e. The van der Waals surface area contributed by atoms with Crippen molar-refractivity contribution in [3.8, 4) is 0 Å². The molecule has 0 saturated carbocycles. The molecule has 11 heteroatoms. The first-order valence-corrected chi connectivity index (χ1v) is 9.49. The number of alkyl carbamates (subject to hydrolysis) is 1. The van der Waals surface area contributed by atoms with Gasteiger partial charge in [0.05, 0.1) is 19.4 Å². The molecule has 0 fully saturated rings. The van der Waals surface area contributed by atoms with Gasteiger partial charge in [0.25, 0.3) is 0 Å². The number of amides is 1. The largest absolute Gasteiger partial charge is 0.462 e. The number of hydrogen-bond donors (Lipinski definition) is 2. The maximum atomic E-state index is 11.9. The SMILES string of the molecule is CCOC(=O)c1cn(CCNC(=O)OC(C)(C)C)nc1NS(C)(=O)=O. The predicted molar refractivity (Wildman–Crippen MR) is 90.9 cm³/mol. The molecule has 10 nitrogen and oxygen atoms in total. The molecule has 0 bridgehead atoms. The Bertz CT molecular complexity index is 720. The lowest BCUT2D eigenvalue weighted by molar-refractivity contribution is 0.0514. The van der Waals surface area contributed by atoms with Gasteiger partial charge >= 0.3 is 12.1 Å². The van der Waals surface area contributed by atoms with Crippen molar-refractivity contribution in [2.45, 2.75) is 39.8 Å². The summed E-state index contributed by atoms with van der Waals surface area (Å²) in [6.07, 6.45) is 1.72. The van der Waals surface area contributed by atoms with E-state index in [1.807, 2.05) is 0 Å². The number of aromatic nitrogens is 2. The zero-order chi connectivity index (χ0) is 19.3. The number of rotatable bonds is 7. The average Bonchev–Trinajstić information content (AvgIpc) is 2.77. The van der Waals surface area contributed by atoms with Gasteiger partial charge in [0, 0.05) is 12.7 Å².